The number of carboxylic acid groups (broad SMARTS) is 1. The van der Waals surface area contributed by atoms with Crippen molar-refractivity contribution in [1.82, 2.24) is 35.4 Å². The van der Waals surface area contributed by atoms with E-state index in [1.165, 1.54) is 46.4 Å². The number of anilines is 1. The van der Waals surface area contributed by atoms with Crippen LogP contribution in [0, 0.1) is 12.3 Å². The number of carbonyl (C=O) groups excluding carboxylic acids is 3. The summed E-state index contributed by atoms with van der Waals surface area (Å²) in [4.78, 5) is 59.3. The van der Waals surface area contributed by atoms with Crippen LogP contribution in [0.3, 0.4) is 0 Å². The maximum atomic E-state index is 13.1. The Labute approximate surface area is 223 Å². The Kier molecular flexibility index (Phi) is 8.23. The second kappa shape index (κ2) is 11.7. The van der Waals surface area contributed by atoms with Gasteiger partial charge in [-0.25, -0.2) is 14.5 Å². The average molecular weight is 558 g/mol. The number of aromatic nitrogens is 5. The summed E-state index contributed by atoms with van der Waals surface area (Å²) in [6, 6.07) is 3.47. The summed E-state index contributed by atoms with van der Waals surface area (Å²) in [6.45, 7) is -0.227. The Morgan fingerprint density at radius 3 is 2.95 bits per heavy atom. The summed E-state index contributed by atoms with van der Waals surface area (Å²) in [5, 5.41) is 29.6. The molecule has 0 bridgehead atoms. The molecule has 2 aliphatic heterocycles. The molecule has 2 aliphatic rings. The summed E-state index contributed by atoms with van der Waals surface area (Å²) in [5.74, 6) is 0.297. The van der Waals surface area contributed by atoms with Crippen LogP contribution in [0.1, 0.15) is 5.69 Å². The number of rotatable bonds is 11. The predicted octanol–water partition coefficient (Wildman–Crippen LogP) is -0.942. The van der Waals surface area contributed by atoms with E-state index in [0.29, 0.717) is 22.9 Å². The van der Waals surface area contributed by atoms with Crippen LogP contribution >= 0.6 is 23.5 Å². The van der Waals surface area contributed by atoms with Crippen LogP contribution in [-0.2, 0) is 31.1 Å². The Morgan fingerprint density at radius 2 is 2.26 bits per heavy atom. The Hall–Kier alpha value is -4.43. The van der Waals surface area contributed by atoms with Gasteiger partial charge in [0, 0.05) is 18.6 Å². The highest BCUT2D eigenvalue weighted by Crippen LogP contribution is 2.41. The molecule has 2 aromatic rings. The van der Waals surface area contributed by atoms with Gasteiger partial charge < -0.3 is 20.6 Å². The summed E-state index contributed by atoms with van der Waals surface area (Å²) in [6.07, 6.45) is 5.60. The first-order chi connectivity index (χ1) is 18.3. The van der Waals surface area contributed by atoms with Gasteiger partial charge in [0.15, 0.2) is 12.3 Å². The monoisotopic (exact) mass is 557 g/mol. The number of β-lactam (4-membered cyclic amide) rings is 1. The minimum absolute atomic E-state index is 0.0509. The molecule has 4 rings (SSSR count). The Morgan fingerprint density at radius 1 is 1.45 bits per heavy atom. The van der Waals surface area contributed by atoms with E-state index in [9.17, 15) is 24.3 Å². The van der Waals surface area contributed by atoms with Gasteiger partial charge in [-0.15, -0.1) is 23.3 Å². The van der Waals surface area contributed by atoms with Gasteiger partial charge in [0.1, 0.15) is 28.6 Å². The first kappa shape index (κ1) is 26.6. The lowest BCUT2D eigenvalue weighted by atomic mass is 10.0. The number of nitrogens with zero attached hydrogens (tertiary/aromatic N) is 7. The smallest absolute Gasteiger partial charge is 0.352 e. The highest BCUT2D eigenvalue weighted by atomic mass is 32.2. The number of amides is 3. The molecule has 1 unspecified atom stereocenters. The van der Waals surface area contributed by atoms with Gasteiger partial charge in [-0.3, -0.25) is 19.3 Å². The van der Waals surface area contributed by atoms with E-state index in [-0.39, 0.29) is 35.3 Å². The highest BCUT2D eigenvalue weighted by molar-refractivity contribution is 8.01. The Balaban J connectivity index is 1.52. The molecule has 1 saturated heterocycles. The minimum Gasteiger partial charge on any atom is -0.477 e. The van der Waals surface area contributed by atoms with Gasteiger partial charge >= 0.3 is 5.97 Å². The van der Waals surface area contributed by atoms with Gasteiger partial charge in [-0.2, -0.15) is 0 Å². The fourth-order valence-corrected chi connectivity index (χ4v) is 5.88. The number of nitrogens with one attached hydrogen (secondary N) is 2. The van der Waals surface area contributed by atoms with Crippen molar-refractivity contribution in [3.63, 3.8) is 0 Å². The van der Waals surface area contributed by atoms with Gasteiger partial charge in [0.25, 0.3) is 11.8 Å². The van der Waals surface area contributed by atoms with Crippen molar-refractivity contribution in [1.29, 1.82) is 0 Å². The Bertz CT molecular complexity index is 1390. The van der Waals surface area contributed by atoms with E-state index in [1.54, 1.807) is 7.05 Å². The van der Waals surface area contributed by atoms with Crippen molar-refractivity contribution in [3.05, 3.63) is 35.2 Å². The van der Waals surface area contributed by atoms with Crippen molar-refractivity contribution in [2.24, 2.45) is 12.2 Å². The number of hydrogen-bond donors (Lipinski definition) is 3. The number of thioether (sulfide) groups is 2. The van der Waals surface area contributed by atoms with Crippen LogP contribution in [0.15, 0.2) is 39.8 Å². The van der Waals surface area contributed by atoms with Crippen LogP contribution in [0.2, 0.25) is 0 Å². The second-order valence-corrected chi connectivity index (χ2v) is 9.63. The number of terminal acetylenes is 1. The van der Waals surface area contributed by atoms with E-state index < -0.39 is 29.2 Å². The van der Waals surface area contributed by atoms with Crippen molar-refractivity contribution in [3.8, 4) is 12.3 Å². The number of hydrogen-bond acceptors (Lipinski definition) is 12. The lowest BCUT2D eigenvalue weighted by Crippen LogP contribution is -2.71. The molecular weight excluding hydrogens is 538 g/mol. The number of aliphatic carboxylic acids is 1. The third-order valence-electron chi connectivity index (χ3n) is 5.21. The summed E-state index contributed by atoms with van der Waals surface area (Å²) in [7, 11) is 1.66. The number of oxime groups is 1. The highest BCUT2D eigenvalue weighted by Gasteiger charge is 2.54. The zero-order valence-corrected chi connectivity index (χ0v) is 21.2. The summed E-state index contributed by atoms with van der Waals surface area (Å²) < 4.78 is 1.46. The fraction of sp³-hybridized carbons (Fsp3) is 0.286. The molecule has 2 aromatic heterocycles. The molecule has 0 spiro atoms. The third-order valence-corrected chi connectivity index (χ3v) is 7.65. The molecule has 3 amide bonds. The SMILES string of the molecule is C#CCON=C(C(=O)NC1C(=O)N2C(C(=O)O)=C(CSc3nnnn3C)CS[C@@H]12)c1cccc(NC=O)n1. The van der Waals surface area contributed by atoms with Crippen LogP contribution in [0.5, 0.6) is 0 Å². The van der Waals surface area contributed by atoms with Crippen LogP contribution < -0.4 is 10.6 Å². The molecule has 0 radical (unpaired) electrons. The first-order valence-corrected chi connectivity index (χ1v) is 12.8. The van der Waals surface area contributed by atoms with Gasteiger partial charge in [0.05, 0.1) is 0 Å². The second-order valence-electron chi connectivity index (χ2n) is 7.58. The predicted molar refractivity (Wildman–Crippen MR) is 134 cm³/mol. The van der Waals surface area contributed by atoms with Crippen molar-refractivity contribution in [2.75, 3.05) is 23.4 Å². The molecule has 3 N–H and O–H groups in total. The number of aryl methyl sites for hydroxylation is 1. The average Bonchev–Trinajstić information content (AvgIpc) is 3.32. The van der Waals surface area contributed by atoms with Crippen molar-refractivity contribution < 1.29 is 29.1 Å². The maximum Gasteiger partial charge on any atom is 0.352 e. The lowest BCUT2D eigenvalue weighted by Gasteiger charge is -2.49. The zero-order valence-electron chi connectivity index (χ0n) is 19.6. The van der Waals surface area contributed by atoms with Crippen LogP contribution in [0.25, 0.3) is 0 Å². The standard InChI is InChI=1S/C21H19N9O6S2/c1-3-7-36-26-14(12-5-4-6-13(23-12)22-10-31)17(32)24-15-18(33)30-16(20(34)35)11(8-37-19(15)30)9-38-21-25-27-28-29(21)2/h1,4-6,10,15,19H,7-9H2,2H3,(H,24,32)(H,34,35)(H,22,23,31)/t15?,19-/m0/s1. The zero-order chi connectivity index (χ0) is 27.2. The number of pyridine rings is 1. The summed E-state index contributed by atoms with van der Waals surface area (Å²) in [5.41, 5.74) is 0.158. The fourth-order valence-electron chi connectivity index (χ4n) is 3.55. The molecular formula is C21H19N9O6S2. The van der Waals surface area contributed by atoms with Crippen molar-refractivity contribution >= 4 is 59.2 Å². The molecule has 4 heterocycles. The van der Waals surface area contributed by atoms with Crippen LogP contribution in [-0.4, -0.2) is 94.6 Å². The molecule has 15 nitrogen and oxygen atoms in total. The topological polar surface area (TPSA) is 194 Å². The van der Waals surface area contributed by atoms with E-state index in [1.807, 2.05) is 0 Å². The maximum absolute atomic E-state index is 13.1. The number of carboxylic acids is 1. The summed E-state index contributed by atoms with van der Waals surface area (Å²) >= 11 is 2.55. The molecule has 17 heteroatoms. The van der Waals surface area contributed by atoms with E-state index >= 15 is 0 Å². The minimum atomic E-state index is -1.26. The van der Waals surface area contributed by atoms with E-state index in [4.69, 9.17) is 11.3 Å². The largest absolute Gasteiger partial charge is 0.477 e. The number of fused-ring (bicyclic) bond motifs is 1. The molecule has 0 aliphatic carbocycles. The van der Waals surface area contributed by atoms with Gasteiger partial charge in [-0.1, -0.05) is 28.9 Å². The molecule has 1 fully saturated rings. The molecule has 0 saturated carbocycles. The van der Waals surface area contributed by atoms with E-state index in [0.717, 1.165) is 4.90 Å². The van der Waals surface area contributed by atoms with Gasteiger partial charge in [0.2, 0.25) is 11.6 Å². The number of tetrazole rings is 1. The molecule has 196 valence electrons. The van der Waals surface area contributed by atoms with Crippen molar-refractivity contribution in [2.45, 2.75) is 16.6 Å². The number of carbonyl (C=O) groups is 4. The molecule has 38 heavy (non-hydrogen) atoms. The first-order valence-electron chi connectivity index (χ1n) is 10.7. The van der Waals surface area contributed by atoms with Gasteiger partial charge in [-0.05, 0) is 28.1 Å². The van der Waals surface area contributed by atoms with E-state index in [2.05, 4.69) is 42.2 Å². The quantitative estimate of drug-likeness (QED) is 0.0585. The van der Waals surface area contributed by atoms with Crippen LogP contribution in [0.4, 0.5) is 5.82 Å². The molecule has 2 atom stereocenters. The lowest BCUT2D eigenvalue weighted by molar-refractivity contribution is -0.150. The third kappa shape index (κ3) is 5.45. The normalized spacial score (nSPS) is 18.7. The molecule has 0 aromatic carbocycles.